The highest BCUT2D eigenvalue weighted by Crippen LogP contribution is 2.16. The number of amides is 1. The van der Waals surface area contributed by atoms with Crippen LogP contribution in [0.2, 0.25) is 0 Å². The van der Waals surface area contributed by atoms with Crippen LogP contribution < -0.4 is 10.6 Å². The summed E-state index contributed by atoms with van der Waals surface area (Å²) in [4.78, 5) is 18.5. The van der Waals surface area contributed by atoms with Gasteiger partial charge in [-0.2, -0.15) is 5.10 Å². The zero-order valence-corrected chi connectivity index (χ0v) is 20.7. The quantitative estimate of drug-likeness (QED) is 0.332. The van der Waals surface area contributed by atoms with Crippen LogP contribution in [0.4, 0.5) is 0 Å². The molecule has 1 saturated heterocycles. The second-order valence-electron chi connectivity index (χ2n) is 7.56. The summed E-state index contributed by atoms with van der Waals surface area (Å²) in [5, 5.41) is 11.2. The first kappa shape index (κ1) is 24.2. The number of likely N-dealkylation sites (tertiary alicyclic amines) is 1. The molecule has 1 aliphatic rings. The van der Waals surface area contributed by atoms with Gasteiger partial charge in [-0.25, -0.2) is 4.99 Å². The van der Waals surface area contributed by atoms with E-state index in [1.165, 1.54) is 5.56 Å². The van der Waals surface area contributed by atoms with Crippen LogP contribution in [0.1, 0.15) is 47.8 Å². The average Bonchev–Trinajstić information content (AvgIpc) is 3.20. The van der Waals surface area contributed by atoms with Crippen molar-refractivity contribution in [2.24, 2.45) is 12.0 Å². The molecule has 1 aromatic heterocycles. The Labute approximate surface area is 196 Å². The van der Waals surface area contributed by atoms with Gasteiger partial charge in [0, 0.05) is 50.9 Å². The molecular formula is C22H33IN6O. The van der Waals surface area contributed by atoms with Crippen LogP contribution in [0.25, 0.3) is 0 Å². The number of carbonyl (C=O) groups is 1. The van der Waals surface area contributed by atoms with Crippen molar-refractivity contribution in [3.05, 3.63) is 52.3 Å². The third-order valence-electron chi connectivity index (χ3n) is 5.39. The fraction of sp³-hybridized carbons (Fsp3) is 0.500. The monoisotopic (exact) mass is 524 g/mol. The maximum absolute atomic E-state index is 11.9. The highest BCUT2D eigenvalue weighted by atomic mass is 127. The van der Waals surface area contributed by atoms with Crippen molar-refractivity contribution in [2.75, 3.05) is 13.1 Å². The zero-order valence-electron chi connectivity index (χ0n) is 18.4. The second kappa shape index (κ2) is 11.3. The fourth-order valence-corrected chi connectivity index (χ4v) is 3.68. The second-order valence-corrected chi connectivity index (χ2v) is 7.56. The molecule has 0 spiro atoms. The number of benzene rings is 1. The minimum Gasteiger partial charge on any atom is -0.357 e. The van der Waals surface area contributed by atoms with Crippen molar-refractivity contribution < 1.29 is 4.79 Å². The van der Waals surface area contributed by atoms with E-state index in [4.69, 9.17) is 4.99 Å². The summed E-state index contributed by atoms with van der Waals surface area (Å²) in [5.74, 6) is 1.04. The highest BCUT2D eigenvalue weighted by molar-refractivity contribution is 14.0. The minimum absolute atomic E-state index is 0. The van der Waals surface area contributed by atoms with E-state index in [2.05, 4.69) is 47.8 Å². The van der Waals surface area contributed by atoms with E-state index in [1.807, 2.05) is 29.6 Å². The molecule has 7 nitrogen and oxygen atoms in total. The molecule has 2 N–H and O–H groups in total. The van der Waals surface area contributed by atoms with Crippen LogP contribution in [-0.4, -0.2) is 39.6 Å². The first-order chi connectivity index (χ1) is 14.0. The van der Waals surface area contributed by atoms with Crippen molar-refractivity contribution in [3.63, 3.8) is 0 Å². The number of rotatable bonds is 7. The smallest absolute Gasteiger partial charge is 0.222 e. The molecule has 0 unspecified atom stereocenters. The van der Waals surface area contributed by atoms with E-state index in [0.717, 1.165) is 48.0 Å². The third kappa shape index (κ3) is 6.20. The molecule has 2 aromatic rings. The molecule has 0 bridgehead atoms. The van der Waals surface area contributed by atoms with Crippen LogP contribution in [0.5, 0.6) is 0 Å². The summed E-state index contributed by atoms with van der Waals surface area (Å²) >= 11 is 0. The number of nitrogens with zero attached hydrogens (tertiary/aromatic N) is 4. The topological polar surface area (TPSA) is 74.6 Å². The van der Waals surface area contributed by atoms with Gasteiger partial charge in [0.25, 0.3) is 0 Å². The van der Waals surface area contributed by atoms with Gasteiger partial charge in [0.2, 0.25) is 5.91 Å². The number of hydrogen-bond acceptors (Lipinski definition) is 3. The van der Waals surface area contributed by atoms with Gasteiger partial charge in [-0.3, -0.25) is 9.48 Å². The molecule has 164 valence electrons. The van der Waals surface area contributed by atoms with Gasteiger partial charge < -0.3 is 15.5 Å². The van der Waals surface area contributed by atoms with E-state index in [9.17, 15) is 4.79 Å². The van der Waals surface area contributed by atoms with Gasteiger partial charge >= 0.3 is 0 Å². The summed E-state index contributed by atoms with van der Waals surface area (Å²) in [6.45, 7) is 9.80. The lowest BCUT2D eigenvalue weighted by molar-refractivity contribution is -0.128. The molecule has 8 heteroatoms. The van der Waals surface area contributed by atoms with E-state index in [0.29, 0.717) is 26.1 Å². The third-order valence-corrected chi connectivity index (χ3v) is 5.39. The van der Waals surface area contributed by atoms with Crippen LogP contribution in [0.3, 0.4) is 0 Å². The Balaban J connectivity index is 0.00000320. The van der Waals surface area contributed by atoms with E-state index in [-0.39, 0.29) is 29.9 Å². The molecule has 1 fully saturated rings. The number of aliphatic imine (C=N–C) groups is 1. The summed E-state index contributed by atoms with van der Waals surface area (Å²) in [7, 11) is 1.97. The van der Waals surface area contributed by atoms with Gasteiger partial charge in [0.15, 0.2) is 5.96 Å². The Kier molecular flexibility index (Phi) is 9.13. The summed E-state index contributed by atoms with van der Waals surface area (Å²) in [6.07, 6.45) is 1.65. The Morgan fingerprint density at radius 1 is 1.23 bits per heavy atom. The molecular weight excluding hydrogens is 491 g/mol. The lowest BCUT2D eigenvalue weighted by atomic mass is 10.1. The van der Waals surface area contributed by atoms with Crippen LogP contribution in [-0.2, 0) is 31.5 Å². The fourth-order valence-electron chi connectivity index (χ4n) is 3.68. The predicted molar refractivity (Wildman–Crippen MR) is 131 cm³/mol. The van der Waals surface area contributed by atoms with Gasteiger partial charge in [0.1, 0.15) is 0 Å². The van der Waals surface area contributed by atoms with Crippen LogP contribution in [0, 0.1) is 13.8 Å². The molecule has 1 amide bonds. The Morgan fingerprint density at radius 3 is 2.63 bits per heavy atom. The summed E-state index contributed by atoms with van der Waals surface area (Å²) < 4.78 is 1.91. The number of carbonyl (C=O) groups excluding carboxylic acids is 1. The normalized spacial score (nSPS) is 14.1. The first-order valence-corrected chi connectivity index (χ1v) is 10.3. The Hall–Kier alpha value is -2.10. The minimum atomic E-state index is 0. The summed E-state index contributed by atoms with van der Waals surface area (Å²) in [6, 6.07) is 8.35. The molecule has 30 heavy (non-hydrogen) atoms. The predicted octanol–water partition coefficient (Wildman–Crippen LogP) is 3.03. The van der Waals surface area contributed by atoms with Crippen LogP contribution >= 0.6 is 24.0 Å². The number of halogens is 1. The van der Waals surface area contributed by atoms with Crippen molar-refractivity contribution in [2.45, 2.75) is 53.2 Å². The van der Waals surface area contributed by atoms with Gasteiger partial charge in [-0.15, -0.1) is 24.0 Å². The molecule has 0 atom stereocenters. The number of nitrogens with one attached hydrogen (secondary N) is 2. The molecule has 0 aliphatic carbocycles. The molecule has 3 rings (SSSR count). The zero-order chi connectivity index (χ0) is 20.8. The van der Waals surface area contributed by atoms with E-state index in [1.54, 1.807) is 0 Å². The number of aryl methyl sites for hydroxylation is 2. The van der Waals surface area contributed by atoms with Crippen LogP contribution in [0.15, 0.2) is 29.3 Å². The lowest BCUT2D eigenvalue weighted by Gasteiger charge is -2.16. The molecule has 2 heterocycles. The van der Waals surface area contributed by atoms with Gasteiger partial charge in [-0.1, -0.05) is 24.3 Å². The lowest BCUT2D eigenvalue weighted by Crippen LogP contribution is -2.37. The highest BCUT2D eigenvalue weighted by Gasteiger charge is 2.19. The average molecular weight is 524 g/mol. The molecule has 0 radical (unpaired) electrons. The van der Waals surface area contributed by atoms with Gasteiger partial charge in [-0.05, 0) is 38.3 Å². The number of hydrogen-bond donors (Lipinski definition) is 2. The maximum atomic E-state index is 11.9. The number of aromatic nitrogens is 2. The van der Waals surface area contributed by atoms with E-state index < -0.39 is 0 Å². The Bertz CT molecular complexity index is 892. The van der Waals surface area contributed by atoms with Crippen molar-refractivity contribution in [1.29, 1.82) is 0 Å². The standard InChI is InChI=1S/C22H32N6O.HI/c1-5-23-22(25-14-20-16(2)26-27(4)17(20)3)24-13-18-8-6-9-19(12-18)15-28-11-7-10-21(28)29;/h6,8-9,12H,5,7,10-11,13-15H2,1-4H3,(H2,23,24,25);1H. The summed E-state index contributed by atoms with van der Waals surface area (Å²) in [5.41, 5.74) is 5.70. The Morgan fingerprint density at radius 2 is 2.00 bits per heavy atom. The largest absolute Gasteiger partial charge is 0.357 e. The van der Waals surface area contributed by atoms with E-state index >= 15 is 0 Å². The number of guanidine groups is 1. The SMILES string of the molecule is CCNC(=NCc1cccc(CN2CCCC2=O)c1)NCc1c(C)nn(C)c1C.I. The molecule has 1 aromatic carbocycles. The molecule has 0 saturated carbocycles. The van der Waals surface area contributed by atoms with Crippen molar-refractivity contribution in [1.82, 2.24) is 25.3 Å². The first-order valence-electron chi connectivity index (χ1n) is 10.3. The van der Waals surface area contributed by atoms with Crippen molar-refractivity contribution in [3.8, 4) is 0 Å². The van der Waals surface area contributed by atoms with Crippen molar-refractivity contribution >= 4 is 35.8 Å². The maximum Gasteiger partial charge on any atom is 0.222 e. The van der Waals surface area contributed by atoms with Gasteiger partial charge in [0.05, 0.1) is 12.2 Å². The molecule has 1 aliphatic heterocycles.